The number of carbonyl (C=O) groups is 1. The number of phenolic OH excluding ortho intramolecular Hbond substituents is 1. The number of aromatic hydroxyl groups is 1. The number of thiophene rings is 1. The fourth-order valence-corrected chi connectivity index (χ4v) is 3.32. The fourth-order valence-electron chi connectivity index (χ4n) is 2.02. The number of phenols is 1. The summed E-state index contributed by atoms with van der Waals surface area (Å²) in [6.45, 7) is 0. The van der Waals surface area contributed by atoms with Crippen molar-refractivity contribution in [2.45, 2.75) is 0 Å². The molecule has 22 heavy (non-hydrogen) atoms. The molecular weight excluding hydrogens is 364 g/mol. The first-order valence-corrected chi connectivity index (χ1v) is 8.05. The van der Waals surface area contributed by atoms with E-state index >= 15 is 0 Å². The molecule has 0 atom stereocenters. The number of halogens is 1. The lowest BCUT2D eigenvalue weighted by molar-refractivity contribution is 0.0952. The van der Waals surface area contributed by atoms with Crippen molar-refractivity contribution in [3.63, 3.8) is 0 Å². The van der Waals surface area contributed by atoms with E-state index in [9.17, 15) is 9.90 Å². The molecule has 3 rings (SSSR count). The van der Waals surface area contributed by atoms with Crippen molar-refractivity contribution in [2.24, 2.45) is 5.10 Å². The summed E-state index contributed by atoms with van der Waals surface area (Å²) in [7, 11) is 0. The second kappa shape index (κ2) is 6.29. The van der Waals surface area contributed by atoms with E-state index in [1.165, 1.54) is 11.3 Å². The Bertz CT molecular complexity index is 873. The number of rotatable bonds is 3. The molecule has 1 aromatic heterocycles. The number of benzene rings is 2. The number of hydrazone groups is 1. The summed E-state index contributed by atoms with van der Waals surface area (Å²) >= 11 is 4.87. The van der Waals surface area contributed by atoms with Gasteiger partial charge in [0.05, 0.1) is 15.6 Å². The van der Waals surface area contributed by atoms with Crippen LogP contribution in [0.15, 0.2) is 57.4 Å². The third kappa shape index (κ3) is 3.18. The quantitative estimate of drug-likeness (QED) is 0.534. The second-order valence-electron chi connectivity index (χ2n) is 4.56. The molecule has 0 saturated heterocycles. The molecule has 0 aliphatic heterocycles. The fraction of sp³-hybridized carbons (Fsp3) is 0. The summed E-state index contributed by atoms with van der Waals surface area (Å²) in [5.74, 6) is -0.514. The number of carbonyl (C=O) groups excluding carboxylic acids is 1. The monoisotopic (exact) mass is 374 g/mol. The van der Waals surface area contributed by atoms with E-state index in [2.05, 4.69) is 26.5 Å². The van der Waals surface area contributed by atoms with Gasteiger partial charge in [0.2, 0.25) is 0 Å². The smallest absolute Gasteiger partial charge is 0.275 e. The molecule has 0 unspecified atom stereocenters. The van der Waals surface area contributed by atoms with Crippen molar-refractivity contribution >= 4 is 50.2 Å². The molecule has 0 bridgehead atoms. The van der Waals surface area contributed by atoms with Crippen molar-refractivity contribution in [2.75, 3.05) is 0 Å². The van der Waals surface area contributed by atoms with Crippen molar-refractivity contribution in [3.8, 4) is 5.75 Å². The zero-order chi connectivity index (χ0) is 15.5. The van der Waals surface area contributed by atoms with Crippen LogP contribution in [0.25, 0.3) is 10.8 Å². The van der Waals surface area contributed by atoms with E-state index in [-0.39, 0.29) is 11.3 Å². The maximum Gasteiger partial charge on any atom is 0.275 e. The lowest BCUT2D eigenvalue weighted by atomic mass is 10.1. The molecule has 0 spiro atoms. The highest BCUT2D eigenvalue weighted by Crippen LogP contribution is 2.25. The summed E-state index contributed by atoms with van der Waals surface area (Å²) in [5.41, 5.74) is 2.62. The third-order valence-corrected chi connectivity index (χ3v) is 4.62. The summed E-state index contributed by atoms with van der Waals surface area (Å²) < 4.78 is 0.993. The Morgan fingerprint density at radius 1 is 1.18 bits per heavy atom. The molecule has 4 nitrogen and oxygen atoms in total. The first kappa shape index (κ1) is 14.7. The molecule has 0 fully saturated rings. The van der Waals surface area contributed by atoms with Crippen LogP contribution in [0.1, 0.15) is 15.2 Å². The van der Waals surface area contributed by atoms with Crippen LogP contribution in [0.5, 0.6) is 5.75 Å². The van der Waals surface area contributed by atoms with Gasteiger partial charge in [0, 0.05) is 4.88 Å². The Hall–Kier alpha value is -2.18. The van der Waals surface area contributed by atoms with E-state index < -0.39 is 5.91 Å². The van der Waals surface area contributed by atoms with Crippen LogP contribution in [-0.4, -0.2) is 17.2 Å². The molecule has 0 radical (unpaired) electrons. The molecule has 1 amide bonds. The molecule has 2 aromatic carbocycles. The van der Waals surface area contributed by atoms with E-state index in [4.69, 9.17) is 0 Å². The number of hydrogen-bond donors (Lipinski definition) is 2. The molecule has 110 valence electrons. The van der Waals surface area contributed by atoms with Gasteiger partial charge in [0.15, 0.2) is 0 Å². The summed E-state index contributed by atoms with van der Waals surface area (Å²) in [5, 5.41) is 15.7. The van der Waals surface area contributed by atoms with Crippen molar-refractivity contribution < 1.29 is 9.90 Å². The Kier molecular flexibility index (Phi) is 4.22. The Balaban J connectivity index is 1.80. The zero-order valence-corrected chi connectivity index (χ0v) is 13.7. The number of fused-ring (bicyclic) bond motifs is 1. The van der Waals surface area contributed by atoms with Crippen LogP contribution < -0.4 is 5.43 Å². The first-order valence-electron chi connectivity index (χ1n) is 6.44. The zero-order valence-electron chi connectivity index (χ0n) is 11.3. The van der Waals surface area contributed by atoms with Crippen LogP contribution in [0.3, 0.4) is 0 Å². The van der Waals surface area contributed by atoms with Crippen molar-refractivity contribution in [3.05, 3.63) is 62.8 Å². The van der Waals surface area contributed by atoms with Gasteiger partial charge < -0.3 is 5.11 Å². The summed E-state index contributed by atoms with van der Waals surface area (Å²) in [4.78, 5) is 13.0. The maximum atomic E-state index is 12.1. The Morgan fingerprint density at radius 3 is 2.59 bits per heavy atom. The van der Waals surface area contributed by atoms with Crippen molar-refractivity contribution in [1.82, 2.24) is 5.43 Å². The average Bonchev–Trinajstić information content (AvgIpc) is 2.92. The molecule has 0 aliphatic rings. The van der Waals surface area contributed by atoms with Gasteiger partial charge in [-0.25, -0.2) is 5.43 Å². The number of nitrogens with one attached hydrogen (secondary N) is 1. The van der Waals surface area contributed by atoms with Crippen molar-refractivity contribution in [1.29, 1.82) is 0 Å². The number of hydrogen-bond acceptors (Lipinski definition) is 4. The van der Waals surface area contributed by atoms with Crippen LogP contribution in [0.4, 0.5) is 0 Å². The Labute approximate surface area is 139 Å². The van der Waals surface area contributed by atoms with Gasteiger partial charge in [-0.1, -0.05) is 24.3 Å². The van der Waals surface area contributed by atoms with E-state index in [0.29, 0.717) is 0 Å². The van der Waals surface area contributed by atoms with Gasteiger partial charge in [-0.15, -0.1) is 11.3 Å². The third-order valence-electron chi connectivity index (χ3n) is 3.06. The molecule has 0 saturated carbocycles. The predicted octanol–water partition coefficient (Wildman–Crippen LogP) is 4.13. The molecule has 2 N–H and O–H groups in total. The van der Waals surface area contributed by atoms with Crippen LogP contribution >= 0.6 is 27.3 Å². The van der Waals surface area contributed by atoms with Gasteiger partial charge >= 0.3 is 0 Å². The highest BCUT2D eigenvalue weighted by molar-refractivity contribution is 9.11. The molecule has 3 aromatic rings. The molecular formula is C16H11BrN2O2S. The van der Waals surface area contributed by atoms with E-state index in [1.54, 1.807) is 18.3 Å². The van der Waals surface area contributed by atoms with Crippen LogP contribution in [0, 0.1) is 0 Å². The normalized spacial score (nSPS) is 11.1. The Morgan fingerprint density at radius 2 is 1.91 bits per heavy atom. The predicted molar refractivity (Wildman–Crippen MR) is 92.7 cm³/mol. The van der Waals surface area contributed by atoms with Gasteiger partial charge in [0.1, 0.15) is 5.75 Å². The number of nitrogens with zero attached hydrogens (tertiary/aromatic N) is 1. The maximum absolute atomic E-state index is 12.1. The number of amides is 1. The SMILES string of the molecule is O=C(N/N=C/c1ccc(Br)s1)c1cc2ccccc2cc1O. The largest absolute Gasteiger partial charge is 0.507 e. The van der Waals surface area contributed by atoms with Gasteiger partial charge in [-0.3, -0.25) is 4.79 Å². The standard InChI is InChI=1S/C16H11BrN2O2S/c17-15-6-5-12(22-15)9-18-19-16(21)13-7-10-3-1-2-4-11(10)8-14(13)20/h1-9,20H,(H,19,21)/b18-9+. The molecule has 6 heteroatoms. The minimum absolute atomic E-state index is 0.0646. The van der Waals surface area contributed by atoms with Crippen LogP contribution in [0.2, 0.25) is 0 Å². The van der Waals surface area contributed by atoms with Crippen LogP contribution in [-0.2, 0) is 0 Å². The molecule has 1 heterocycles. The minimum Gasteiger partial charge on any atom is -0.507 e. The average molecular weight is 375 g/mol. The minimum atomic E-state index is -0.449. The summed E-state index contributed by atoms with van der Waals surface area (Å²) in [6, 6.07) is 14.5. The lowest BCUT2D eigenvalue weighted by Gasteiger charge is -2.05. The summed E-state index contributed by atoms with van der Waals surface area (Å²) in [6.07, 6.45) is 1.56. The van der Waals surface area contributed by atoms with E-state index in [1.807, 2.05) is 36.4 Å². The second-order valence-corrected chi connectivity index (χ2v) is 7.05. The highest BCUT2D eigenvalue weighted by atomic mass is 79.9. The van der Waals surface area contributed by atoms with E-state index in [0.717, 1.165) is 19.4 Å². The first-order chi connectivity index (χ1) is 10.6. The lowest BCUT2D eigenvalue weighted by Crippen LogP contribution is -2.17. The highest BCUT2D eigenvalue weighted by Gasteiger charge is 2.11. The topological polar surface area (TPSA) is 61.7 Å². The van der Waals surface area contributed by atoms with Gasteiger partial charge in [0.25, 0.3) is 5.91 Å². The van der Waals surface area contributed by atoms with Gasteiger partial charge in [-0.2, -0.15) is 5.10 Å². The molecule has 0 aliphatic carbocycles. The van der Waals surface area contributed by atoms with Gasteiger partial charge in [-0.05, 0) is 51.0 Å².